The Morgan fingerprint density at radius 2 is 2.21 bits per heavy atom. The number of nitrogens with zero attached hydrogens (tertiary/aromatic N) is 1. The smallest absolute Gasteiger partial charge is 0.328 e. The lowest BCUT2D eigenvalue weighted by molar-refractivity contribution is -0.131. The van der Waals surface area contributed by atoms with Gasteiger partial charge in [0.1, 0.15) is 5.01 Å². The maximum Gasteiger partial charge on any atom is 0.328 e. The van der Waals surface area contributed by atoms with Crippen LogP contribution in [-0.2, 0) is 10.2 Å². The summed E-state index contributed by atoms with van der Waals surface area (Å²) in [6, 6.07) is 0. The van der Waals surface area contributed by atoms with Gasteiger partial charge in [-0.1, -0.05) is 20.8 Å². The highest BCUT2D eigenvalue weighted by atomic mass is 32.1. The van der Waals surface area contributed by atoms with Crippen LogP contribution in [0.3, 0.4) is 0 Å². The van der Waals surface area contributed by atoms with Gasteiger partial charge in [-0.05, 0) is 6.08 Å². The van der Waals surface area contributed by atoms with Crippen LogP contribution in [0.1, 0.15) is 31.5 Å². The van der Waals surface area contributed by atoms with E-state index in [1.807, 2.05) is 5.38 Å². The quantitative estimate of drug-likeness (QED) is 0.765. The summed E-state index contributed by atoms with van der Waals surface area (Å²) in [6.45, 7) is 6.23. The fraction of sp³-hybridized carbons (Fsp3) is 0.400. The third-order valence-electron chi connectivity index (χ3n) is 1.66. The average Bonchev–Trinajstić information content (AvgIpc) is 2.47. The van der Waals surface area contributed by atoms with Crippen LogP contribution in [0, 0.1) is 0 Å². The molecule has 0 fully saturated rings. The molecule has 76 valence electrons. The molecule has 0 amide bonds. The SMILES string of the molecule is CC(C)(C)c1csc(/C=C/C(=O)O)n1. The van der Waals surface area contributed by atoms with E-state index in [2.05, 4.69) is 25.8 Å². The average molecular weight is 211 g/mol. The molecule has 0 bridgehead atoms. The zero-order valence-corrected chi connectivity index (χ0v) is 9.26. The Morgan fingerprint density at radius 1 is 1.57 bits per heavy atom. The summed E-state index contributed by atoms with van der Waals surface area (Å²) < 4.78 is 0. The van der Waals surface area contributed by atoms with E-state index in [9.17, 15) is 4.79 Å². The van der Waals surface area contributed by atoms with Crippen LogP contribution >= 0.6 is 11.3 Å². The van der Waals surface area contributed by atoms with E-state index >= 15 is 0 Å². The number of thiazole rings is 1. The minimum Gasteiger partial charge on any atom is -0.478 e. The molecule has 1 aromatic rings. The van der Waals surface area contributed by atoms with Gasteiger partial charge in [-0.3, -0.25) is 0 Å². The summed E-state index contributed by atoms with van der Waals surface area (Å²) in [5.41, 5.74) is 1.01. The lowest BCUT2D eigenvalue weighted by atomic mass is 9.93. The number of rotatable bonds is 2. The fourth-order valence-corrected chi connectivity index (χ4v) is 1.79. The molecule has 1 heterocycles. The van der Waals surface area contributed by atoms with Gasteiger partial charge in [0.15, 0.2) is 0 Å². The van der Waals surface area contributed by atoms with Crippen molar-refractivity contribution in [2.45, 2.75) is 26.2 Å². The lowest BCUT2D eigenvalue weighted by Gasteiger charge is -2.13. The highest BCUT2D eigenvalue weighted by Gasteiger charge is 2.16. The molecular weight excluding hydrogens is 198 g/mol. The van der Waals surface area contributed by atoms with Crippen LogP contribution in [0.15, 0.2) is 11.5 Å². The summed E-state index contributed by atoms with van der Waals surface area (Å²) in [7, 11) is 0. The Morgan fingerprint density at radius 3 is 2.64 bits per heavy atom. The first-order chi connectivity index (χ1) is 6.39. The molecule has 3 nitrogen and oxygen atoms in total. The van der Waals surface area contributed by atoms with Gasteiger partial charge in [0.2, 0.25) is 0 Å². The van der Waals surface area contributed by atoms with E-state index < -0.39 is 5.97 Å². The number of aromatic nitrogens is 1. The highest BCUT2D eigenvalue weighted by Crippen LogP contribution is 2.24. The Kier molecular flexibility index (Phi) is 3.06. The van der Waals surface area contributed by atoms with Crippen LogP contribution in [0.2, 0.25) is 0 Å². The van der Waals surface area contributed by atoms with Crippen LogP contribution < -0.4 is 0 Å². The number of carbonyl (C=O) groups is 1. The van der Waals surface area contributed by atoms with Crippen LogP contribution in [0.4, 0.5) is 0 Å². The zero-order valence-electron chi connectivity index (χ0n) is 8.44. The second-order valence-corrected chi connectivity index (χ2v) is 4.88. The van der Waals surface area contributed by atoms with Crippen LogP contribution in [-0.4, -0.2) is 16.1 Å². The third kappa shape index (κ3) is 2.96. The standard InChI is InChI=1S/C10H13NO2S/c1-10(2,3)7-6-14-8(11-7)4-5-9(12)13/h4-6H,1-3H3,(H,12,13)/b5-4+. The summed E-state index contributed by atoms with van der Waals surface area (Å²) in [6.07, 6.45) is 2.62. The maximum absolute atomic E-state index is 10.3. The fourth-order valence-electron chi connectivity index (χ4n) is 0.851. The van der Waals surface area contributed by atoms with Crippen molar-refractivity contribution < 1.29 is 9.90 Å². The topological polar surface area (TPSA) is 50.2 Å². The van der Waals surface area contributed by atoms with Gasteiger partial charge in [-0.15, -0.1) is 11.3 Å². The van der Waals surface area contributed by atoms with Crippen molar-refractivity contribution >= 4 is 23.4 Å². The predicted molar refractivity (Wildman–Crippen MR) is 57.5 cm³/mol. The van der Waals surface area contributed by atoms with Gasteiger partial charge in [0.05, 0.1) is 5.69 Å². The molecule has 0 radical (unpaired) electrons. The molecule has 0 aliphatic heterocycles. The molecule has 1 N–H and O–H groups in total. The van der Waals surface area contributed by atoms with Crippen molar-refractivity contribution in [2.75, 3.05) is 0 Å². The number of aliphatic carboxylic acids is 1. The molecule has 1 aromatic heterocycles. The predicted octanol–water partition coefficient (Wildman–Crippen LogP) is 2.54. The number of carboxylic acid groups (broad SMARTS) is 1. The van der Waals surface area contributed by atoms with Gasteiger partial charge in [-0.2, -0.15) is 0 Å². The first kappa shape index (κ1) is 10.9. The summed E-state index contributed by atoms with van der Waals surface area (Å²) >= 11 is 1.46. The molecule has 0 aliphatic rings. The minimum absolute atomic E-state index is 0.0197. The third-order valence-corrected chi connectivity index (χ3v) is 2.47. The summed E-state index contributed by atoms with van der Waals surface area (Å²) in [5.74, 6) is -0.947. The van der Waals surface area contributed by atoms with Gasteiger partial charge in [0, 0.05) is 16.9 Å². The molecule has 0 aromatic carbocycles. The van der Waals surface area contributed by atoms with Crippen molar-refractivity contribution in [3.05, 3.63) is 22.2 Å². The molecule has 4 heteroatoms. The van der Waals surface area contributed by atoms with E-state index in [0.717, 1.165) is 16.8 Å². The van der Waals surface area contributed by atoms with Gasteiger partial charge in [-0.25, -0.2) is 9.78 Å². The largest absolute Gasteiger partial charge is 0.478 e. The van der Waals surface area contributed by atoms with E-state index in [4.69, 9.17) is 5.11 Å². The van der Waals surface area contributed by atoms with Crippen molar-refractivity contribution in [3.63, 3.8) is 0 Å². The lowest BCUT2D eigenvalue weighted by Crippen LogP contribution is -2.11. The van der Waals surface area contributed by atoms with Crippen molar-refractivity contribution in [2.24, 2.45) is 0 Å². The first-order valence-electron chi connectivity index (χ1n) is 4.26. The maximum atomic E-state index is 10.3. The molecule has 14 heavy (non-hydrogen) atoms. The molecule has 0 saturated heterocycles. The summed E-state index contributed by atoms with van der Waals surface area (Å²) in [5, 5.41) is 11.1. The van der Waals surface area contributed by atoms with E-state index in [-0.39, 0.29) is 5.41 Å². The van der Waals surface area contributed by atoms with Crippen LogP contribution in [0.5, 0.6) is 0 Å². The Balaban J connectivity index is 2.84. The van der Waals surface area contributed by atoms with Crippen molar-refractivity contribution in [1.82, 2.24) is 4.98 Å². The van der Waals surface area contributed by atoms with Gasteiger partial charge >= 0.3 is 5.97 Å². The van der Waals surface area contributed by atoms with E-state index in [1.165, 1.54) is 17.4 Å². The molecule has 0 spiro atoms. The van der Waals surface area contributed by atoms with Crippen molar-refractivity contribution in [1.29, 1.82) is 0 Å². The molecule has 0 saturated carbocycles. The number of hydrogen-bond donors (Lipinski definition) is 1. The van der Waals surface area contributed by atoms with Crippen molar-refractivity contribution in [3.8, 4) is 0 Å². The van der Waals surface area contributed by atoms with E-state index in [1.54, 1.807) is 0 Å². The highest BCUT2D eigenvalue weighted by molar-refractivity contribution is 7.10. The monoisotopic (exact) mass is 211 g/mol. The number of hydrogen-bond acceptors (Lipinski definition) is 3. The first-order valence-corrected chi connectivity index (χ1v) is 5.14. The second kappa shape index (κ2) is 3.92. The normalized spacial score (nSPS) is 12.2. The Hall–Kier alpha value is -1.16. The number of carboxylic acids is 1. The van der Waals surface area contributed by atoms with E-state index in [0.29, 0.717) is 0 Å². The van der Waals surface area contributed by atoms with Gasteiger partial charge < -0.3 is 5.11 Å². The minimum atomic E-state index is -0.947. The molecule has 0 unspecified atom stereocenters. The Bertz CT molecular complexity index is 360. The Labute approximate surface area is 87.1 Å². The molecular formula is C10H13NO2S. The molecule has 0 aliphatic carbocycles. The summed E-state index contributed by atoms with van der Waals surface area (Å²) in [4.78, 5) is 14.6. The van der Waals surface area contributed by atoms with Crippen LogP contribution in [0.25, 0.3) is 6.08 Å². The zero-order chi connectivity index (χ0) is 10.8. The molecule has 1 rings (SSSR count). The second-order valence-electron chi connectivity index (χ2n) is 3.99. The molecule has 0 atom stereocenters. The van der Waals surface area contributed by atoms with Gasteiger partial charge in [0.25, 0.3) is 0 Å².